The van der Waals surface area contributed by atoms with Gasteiger partial charge >= 0.3 is 0 Å². The quantitative estimate of drug-likeness (QED) is 0.839. The SMILES string of the molecule is Cc1cccc(NCN2C(=O)c3ccncc3C2=O)[nH+]1. The third-order valence-corrected chi connectivity index (χ3v) is 3.14. The summed E-state index contributed by atoms with van der Waals surface area (Å²) >= 11 is 0. The van der Waals surface area contributed by atoms with Crippen molar-refractivity contribution in [1.82, 2.24) is 9.88 Å². The Kier molecular flexibility index (Phi) is 2.90. The van der Waals surface area contributed by atoms with Crippen LogP contribution in [0.2, 0.25) is 0 Å². The maximum absolute atomic E-state index is 12.1. The molecule has 6 nitrogen and oxygen atoms in total. The normalized spacial score (nSPS) is 13.6. The van der Waals surface area contributed by atoms with Gasteiger partial charge in [-0.1, -0.05) is 6.07 Å². The number of rotatable bonds is 3. The van der Waals surface area contributed by atoms with Gasteiger partial charge < -0.3 is 0 Å². The predicted molar refractivity (Wildman–Crippen MR) is 71.0 cm³/mol. The van der Waals surface area contributed by atoms with Crippen LogP contribution in [0, 0.1) is 6.92 Å². The lowest BCUT2D eigenvalue weighted by atomic mass is 10.2. The highest BCUT2D eigenvalue weighted by molar-refractivity contribution is 6.21. The van der Waals surface area contributed by atoms with Crippen molar-refractivity contribution in [3.8, 4) is 0 Å². The number of amides is 2. The molecular formula is C14H13N4O2+. The number of aromatic nitrogens is 2. The minimum Gasteiger partial charge on any atom is -0.268 e. The second-order valence-electron chi connectivity index (χ2n) is 4.54. The summed E-state index contributed by atoms with van der Waals surface area (Å²) < 4.78 is 0. The highest BCUT2D eigenvalue weighted by atomic mass is 16.2. The summed E-state index contributed by atoms with van der Waals surface area (Å²) in [6.07, 6.45) is 2.93. The summed E-state index contributed by atoms with van der Waals surface area (Å²) in [5.74, 6) is 0.130. The monoisotopic (exact) mass is 269 g/mol. The maximum atomic E-state index is 12.1. The van der Waals surface area contributed by atoms with E-state index < -0.39 is 0 Å². The summed E-state index contributed by atoms with van der Waals surface area (Å²) in [6, 6.07) is 7.22. The second-order valence-corrected chi connectivity index (χ2v) is 4.54. The summed E-state index contributed by atoms with van der Waals surface area (Å²) in [5, 5.41) is 3.03. The van der Waals surface area contributed by atoms with E-state index in [1.165, 1.54) is 17.3 Å². The largest absolute Gasteiger partial charge is 0.273 e. The first kappa shape index (κ1) is 12.3. The lowest BCUT2D eigenvalue weighted by Gasteiger charge is -2.11. The number of nitrogens with one attached hydrogen (secondary N) is 2. The van der Waals surface area contributed by atoms with E-state index >= 15 is 0 Å². The van der Waals surface area contributed by atoms with Crippen LogP contribution in [0.3, 0.4) is 0 Å². The molecule has 0 bridgehead atoms. The molecule has 0 atom stereocenters. The van der Waals surface area contributed by atoms with E-state index in [0.29, 0.717) is 11.1 Å². The molecule has 100 valence electrons. The van der Waals surface area contributed by atoms with Crippen LogP contribution in [-0.4, -0.2) is 28.4 Å². The van der Waals surface area contributed by atoms with Crippen LogP contribution in [0.25, 0.3) is 0 Å². The zero-order valence-electron chi connectivity index (χ0n) is 10.9. The number of hydrogen-bond donors (Lipinski definition) is 1. The summed E-state index contributed by atoms with van der Waals surface area (Å²) in [5.41, 5.74) is 1.74. The Morgan fingerprint density at radius 3 is 2.75 bits per heavy atom. The average molecular weight is 269 g/mol. The number of anilines is 1. The number of carbonyl (C=O) groups is 2. The van der Waals surface area contributed by atoms with E-state index in [2.05, 4.69) is 15.3 Å². The van der Waals surface area contributed by atoms with Gasteiger partial charge in [0.1, 0.15) is 0 Å². The number of carbonyl (C=O) groups excluding carboxylic acids is 2. The highest BCUT2D eigenvalue weighted by Crippen LogP contribution is 2.21. The molecule has 2 N–H and O–H groups in total. The molecule has 0 saturated heterocycles. The molecule has 0 unspecified atom stereocenters. The van der Waals surface area contributed by atoms with E-state index in [4.69, 9.17) is 0 Å². The molecule has 0 fully saturated rings. The van der Waals surface area contributed by atoms with Crippen molar-refractivity contribution in [1.29, 1.82) is 0 Å². The summed E-state index contributed by atoms with van der Waals surface area (Å²) in [4.78, 5) is 32.4. The van der Waals surface area contributed by atoms with Crippen LogP contribution >= 0.6 is 0 Å². The van der Waals surface area contributed by atoms with Gasteiger partial charge in [-0.3, -0.25) is 19.9 Å². The van der Waals surface area contributed by atoms with Crippen molar-refractivity contribution in [2.75, 3.05) is 12.0 Å². The Morgan fingerprint density at radius 1 is 1.20 bits per heavy atom. The van der Waals surface area contributed by atoms with Crippen molar-refractivity contribution < 1.29 is 14.6 Å². The van der Waals surface area contributed by atoms with Crippen molar-refractivity contribution in [2.24, 2.45) is 0 Å². The van der Waals surface area contributed by atoms with Gasteiger partial charge in [0.25, 0.3) is 17.6 Å². The molecular weight excluding hydrogens is 256 g/mol. The number of H-pyrrole nitrogens is 1. The van der Waals surface area contributed by atoms with Crippen molar-refractivity contribution in [3.05, 3.63) is 53.5 Å². The minimum atomic E-state index is -0.321. The molecule has 1 aliphatic heterocycles. The van der Waals surface area contributed by atoms with Crippen molar-refractivity contribution in [2.45, 2.75) is 6.92 Å². The molecule has 0 radical (unpaired) electrons. The number of aryl methyl sites for hydroxylation is 1. The Bertz CT molecular complexity index is 664. The molecule has 3 rings (SSSR count). The van der Waals surface area contributed by atoms with Crippen LogP contribution in [0.5, 0.6) is 0 Å². The number of imide groups is 1. The zero-order valence-corrected chi connectivity index (χ0v) is 10.9. The zero-order chi connectivity index (χ0) is 14.1. The summed E-state index contributed by atoms with van der Waals surface area (Å²) in [6.45, 7) is 2.05. The molecule has 2 aromatic rings. The Morgan fingerprint density at radius 2 is 2.00 bits per heavy atom. The average Bonchev–Trinajstić information content (AvgIpc) is 2.70. The third kappa shape index (κ3) is 2.01. The third-order valence-electron chi connectivity index (χ3n) is 3.14. The van der Waals surface area contributed by atoms with Gasteiger partial charge in [0.15, 0.2) is 6.67 Å². The van der Waals surface area contributed by atoms with E-state index in [0.717, 1.165) is 11.5 Å². The highest BCUT2D eigenvalue weighted by Gasteiger charge is 2.36. The molecule has 2 aromatic heterocycles. The molecule has 1 aliphatic rings. The first-order valence-corrected chi connectivity index (χ1v) is 6.20. The summed E-state index contributed by atoms with van der Waals surface area (Å²) in [7, 11) is 0. The Hall–Kier alpha value is -2.76. The molecule has 0 aliphatic carbocycles. The van der Waals surface area contributed by atoms with Crippen molar-refractivity contribution in [3.63, 3.8) is 0 Å². The van der Waals surface area contributed by atoms with Gasteiger partial charge in [-0.15, -0.1) is 0 Å². The number of nitrogens with zero attached hydrogens (tertiary/aromatic N) is 2. The van der Waals surface area contributed by atoms with Gasteiger partial charge in [0.2, 0.25) is 0 Å². The maximum Gasteiger partial charge on any atom is 0.273 e. The fourth-order valence-corrected chi connectivity index (χ4v) is 2.13. The van der Waals surface area contributed by atoms with Crippen LogP contribution in [0.4, 0.5) is 5.82 Å². The molecule has 0 spiro atoms. The molecule has 3 heterocycles. The topological polar surface area (TPSA) is 76.4 Å². The Balaban J connectivity index is 1.77. The van der Waals surface area contributed by atoms with E-state index in [1.54, 1.807) is 6.07 Å². The fraction of sp³-hybridized carbons (Fsp3) is 0.143. The first-order chi connectivity index (χ1) is 9.66. The minimum absolute atomic E-state index is 0.117. The number of hydrogen-bond acceptors (Lipinski definition) is 4. The molecule has 20 heavy (non-hydrogen) atoms. The van der Waals surface area contributed by atoms with Gasteiger partial charge in [0, 0.05) is 18.5 Å². The number of fused-ring (bicyclic) bond motifs is 1. The predicted octanol–water partition coefficient (Wildman–Crippen LogP) is 0.870. The first-order valence-electron chi connectivity index (χ1n) is 6.20. The fourth-order valence-electron chi connectivity index (χ4n) is 2.13. The van der Waals surface area contributed by atoms with E-state index in [1.807, 2.05) is 25.1 Å². The molecule has 6 heteroatoms. The van der Waals surface area contributed by atoms with Crippen LogP contribution in [0.1, 0.15) is 26.4 Å². The Labute approximate surface area is 115 Å². The van der Waals surface area contributed by atoms with Gasteiger partial charge in [0.05, 0.1) is 16.8 Å². The van der Waals surface area contributed by atoms with E-state index in [9.17, 15) is 9.59 Å². The lowest BCUT2D eigenvalue weighted by molar-refractivity contribution is -0.371. The van der Waals surface area contributed by atoms with Gasteiger partial charge in [-0.25, -0.2) is 9.88 Å². The standard InChI is InChI=1S/C14H12N4O2/c1-9-3-2-4-12(17-9)16-8-18-13(19)10-5-6-15-7-11(10)14(18)20/h2-7H,8H2,1H3,(H,16,17)/p+1. The van der Waals surface area contributed by atoms with Crippen molar-refractivity contribution >= 4 is 17.6 Å². The lowest BCUT2D eigenvalue weighted by Crippen LogP contribution is -2.35. The smallest absolute Gasteiger partial charge is 0.268 e. The van der Waals surface area contributed by atoms with Crippen LogP contribution in [-0.2, 0) is 0 Å². The van der Waals surface area contributed by atoms with Crippen LogP contribution < -0.4 is 10.3 Å². The number of aromatic amines is 1. The van der Waals surface area contributed by atoms with Crippen LogP contribution in [0.15, 0.2) is 36.7 Å². The number of pyridine rings is 2. The molecule has 2 amide bonds. The molecule has 0 aromatic carbocycles. The van der Waals surface area contributed by atoms with Gasteiger partial charge in [-0.2, -0.15) is 0 Å². The molecule has 0 saturated carbocycles. The van der Waals surface area contributed by atoms with E-state index in [-0.39, 0.29) is 18.5 Å². The second kappa shape index (κ2) is 4.73. The van der Waals surface area contributed by atoms with Gasteiger partial charge in [-0.05, 0) is 19.1 Å².